The number of nitrogens with zero attached hydrogens (tertiary/aromatic N) is 2. The third kappa shape index (κ3) is 3.29. The molecule has 3 aromatic rings. The second-order valence-electron chi connectivity index (χ2n) is 5.46. The third-order valence-corrected chi connectivity index (χ3v) is 5.48. The first kappa shape index (κ1) is 16.8. The van der Waals surface area contributed by atoms with Crippen molar-refractivity contribution in [3.8, 4) is 0 Å². The number of anilines is 1. The van der Waals surface area contributed by atoms with Gasteiger partial charge in [-0.2, -0.15) is 0 Å². The number of benzene rings is 1. The van der Waals surface area contributed by atoms with Crippen LogP contribution in [0.5, 0.6) is 0 Å². The number of furan rings is 1. The van der Waals surface area contributed by atoms with E-state index in [2.05, 4.69) is 0 Å². The molecule has 0 saturated heterocycles. The molecule has 0 radical (unpaired) electrons. The van der Waals surface area contributed by atoms with Gasteiger partial charge < -0.3 is 14.7 Å². The van der Waals surface area contributed by atoms with Crippen LogP contribution in [0.15, 0.2) is 70.3 Å². The Morgan fingerprint density at radius 2 is 1.92 bits per heavy atom. The van der Waals surface area contributed by atoms with Crippen molar-refractivity contribution in [2.75, 3.05) is 4.31 Å². The molecule has 7 nitrogen and oxygen atoms in total. The van der Waals surface area contributed by atoms with E-state index in [0.717, 1.165) is 0 Å². The molecular weight excluding hydrogens is 342 g/mol. The van der Waals surface area contributed by atoms with Gasteiger partial charge in [0.1, 0.15) is 16.3 Å². The van der Waals surface area contributed by atoms with E-state index >= 15 is 0 Å². The van der Waals surface area contributed by atoms with Crippen molar-refractivity contribution in [2.45, 2.75) is 11.4 Å². The molecule has 2 N–H and O–H groups in total. The number of rotatable bonds is 6. The molecule has 3 rings (SSSR count). The van der Waals surface area contributed by atoms with Gasteiger partial charge in [-0.3, -0.25) is 9.10 Å². The molecule has 0 saturated carbocycles. The molecule has 25 heavy (non-hydrogen) atoms. The minimum absolute atomic E-state index is 0.0146. The minimum atomic E-state index is -3.92. The fourth-order valence-electron chi connectivity index (χ4n) is 2.50. The fourth-order valence-corrected chi connectivity index (χ4v) is 4.00. The van der Waals surface area contributed by atoms with Crippen LogP contribution in [0.1, 0.15) is 16.2 Å². The van der Waals surface area contributed by atoms with Crippen molar-refractivity contribution >= 4 is 21.6 Å². The summed E-state index contributed by atoms with van der Waals surface area (Å²) in [7, 11) is -2.35. The second kappa shape index (κ2) is 6.48. The number of para-hydroxylation sites is 1. The molecule has 2 heterocycles. The fraction of sp³-hybridized carbons (Fsp3) is 0.118. The largest absolute Gasteiger partial charge is 0.467 e. The predicted octanol–water partition coefficient (Wildman–Crippen LogP) is 2.11. The molecule has 0 bridgehead atoms. The lowest BCUT2D eigenvalue weighted by molar-refractivity contribution is 0.0992. The van der Waals surface area contributed by atoms with Crippen LogP contribution >= 0.6 is 0 Å². The van der Waals surface area contributed by atoms with Crippen LogP contribution in [0.4, 0.5) is 5.69 Å². The van der Waals surface area contributed by atoms with E-state index in [9.17, 15) is 13.2 Å². The smallest absolute Gasteiger partial charge is 0.266 e. The van der Waals surface area contributed by atoms with E-state index in [0.29, 0.717) is 11.4 Å². The molecule has 0 atom stereocenters. The summed E-state index contributed by atoms with van der Waals surface area (Å²) in [4.78, 5) is 11.4. The van der Waals surface area contributed by atoms with E-state index in [4.69, 9.17) is 10.2 Å². The molecule has 1 aromatic carbocycles. The maximum Gasteiger partial charge on any atom is 0.266 e. The Kier molecular flexibility index (Phi) is 4.37. The van der Waals surface area contributed by atoms with Gasteiger partial charge in [0.15, 0.2) is 0 Å². The summed E-state index contributed by atoms with van der Waals surface area (Å²) in [5.41, 5.74) is 5.89. The van der Waals surface area contributed by atoms with Gasteiger partial charge in [-0.1, -0.05) is 18.2 Å². The highest BCUT2D eigenvalue weighted by atomic mass is 32.2. The van der Waals surface area contributed by atoms with Gasteiger partial charge in [-0.05, 0) is 30.3 Å². The topological polar surface area (TPSA) is 98.5 Å². The number of sulfonamides is 1. The second-order valence-corrected chi connectivity index (χ2v) is 7.33. The number of amides is 1. The lowest BCUT2D eigenvalue weighted by Gasteiger charge is -2.23. The van der Waals surface area contributed by atoms with E-state index in [1.807, 2.05) is 0 Å². The highest BCUT2D eigenvalue weighted by Gasteiger charge is 2.28. The number of aromatic nitrogens is 1. The molecule has 0 aliphatic carbocycles. The highest BCUT2D eigenvalue weighted by Crippen LogP contribution is 2.27. The van der Waals surface area contributed by atoms with Crippen molar-refractivity contribution in [2.24, 2.45) is 12.8 Å². The first-order chi connectivity index (χ1) is 11.9. The number of carbonyl (C=O) groups excluding carboxylic acids is 1. The van der Waals surface area contributed by atoms with Gasteiger partial charge in [-0.15, -0.1) is 0 Å². The summed E-state index contributed by atoms with van der Waals surface area (Å²) in [5, 5.41) is 0. The van der Waals surface area contributed by atoms with E-state index in [-0.39, 0.29) is 17.1 Å². The van der Waals surface area contributed by atoms with Crippen molar-refractivity contribution in [1.29, 1.82) is 0 Å². The Hall–Kier alpha value is -3.00. The average Bonchev–Trinajstić information content (AvgIpc) is 3.22. The van der Waals surface area contributed by atoms with Crippen LogP contribution < -0.4 is 10.0 Å². The average molecular weight is 359 g/mol. The zero-order valence-electron chi connectivity index (χ0n) is 13.5. The summed E-state index contributed by atoms with van der Waals surface area (Å²) in [5.74, 6) is -0.195. The normalized spacial score (nSPS) is 11.4. The Morgan fingerprint density at radius 1 is 1.20 bits per heavy atom. The zero-order valence-corrected chi connectivity index (χ0v) is 14.3. The van der Waals surface area contributed by atoms with E-state index < -0.39 is 15.9 Å². The minimum Gasteiger partial charge on any atom is -0.467 e. The molecule has 0 aliphatic rings. The number of aryl methyl sites for hydroxylation is 1. The molecule has 8 heteroatoms. The van der Waals surface area contributed by atoms with Crippen LogP contribution in [0.2, 0.25) is 0 Å². The number of carbonyl (C=O) groups is 1. The lowest BCUT2D eigenvalue weighted by atomic mass is 10.3. The number of primary amides is 1. The number of hydrogen-bond acceptors (Lipinski definition) is 4. The molecule has 0 spiro atoms. The monoisotopic (exact) mass is 359 g/mol. The number of nitrogens with two attached hydrogens (primary N) is 1. The number of hydrogen-bond donors (Lipinski definition) is 1. The zero-order chi connectivity index (χ0) is 18.0. The molecule has 0 unspecified atom stereocenters. The lowest BCUT2D eigenvalue weighted by Crippen LogP contribution is -2.30. The van der Waals surface area contributed by atoms with Crippen LogP contribution in [-0.4, -0.2) is 18.9 Å². The summed E-state index contributed by atoms with van der Waals surface area (Å²) >= 11 is 0. The van der Waals surface area contributed by atoms with E-state index in [1.54, 1.807) is 49.5 Å². The van der Waals surface area contributed by atoms with Gasteiger partial charge in [0.25, 0.3) is 15.9 Å². The van der Waals surface area contributed by atoms with Crippen LogP contribution in [0.25, 0.3) is 0 Å². The Balaban J connectivity index is 2.08. The van der Waals surface area contributed by atoms with Gasteiger partial charge in [0.2, 0.25) is 0 Å². The molecule has 130 valence electrons. The summed E-state index contributed by atoms with van der Waals surface area (Å²) in [6, 6.07) is 13.4. The maximum absolute atomic E-state index is 13.2. The predicted molar refractivity (Wildman–Crippen MR) is 92.4 cm³/mol. The van der Waals surface area contributed by atoms with Gasteiger partial charge in [0, 0.05) is 13.2 Å². The quantitative estimate of drug-likeness (QED) is 0.729. The molecular formula is C17H17N3O4S. The highest BCUT2D eigenvalue weighted by molar-refractivity contribution is 7.92. The Bertz CT molecular complexity index is 976. The van der Waals surface area contributed by atoms with Crippen molar-refractivity contribution in [3.63, 3.8) is 0 Å². The summed E-state index contributed by atoms with van der Waals surface area (Å²) < 4.78 is 34.3. The standard InChI is InChI=1S/C17H17N3O4S/c1-19-12-15(10-16(19)17(18)21)25(22,23)20(11-14-8-5-9-24-14)13-6-3-2-4-7-13/h2-10,12H,11H2,1H3,(H2,18,21). The Labute approximate surface area is 145 Å². The van der Waals surface area contributed by atoms with Gasteiger partial charge in [0.05, 0.1) is 18.5 Å². The molecule has 0 fully saturated rings. The molecule has 1 amide bonds. The first-order valence-corrected chi connectivity index (χ1v) is 8.90. The van der Waals surface area contributed by atoms with Crippen LogP contribution in [0, 0.1) is 0 Å². The van der Waals surface area contributed by atoms with Crippen LogP contribution in [-0.2, 0) is 23.6 Å². The first-order valence-electron chi connectivity index (χ1n) is 7.46. The third-order valence-electron chi connectivity index (χ3n) is 3.74. The summed E-state index contributed by atoms with van der Waals surface area (Å²) in [6.45, 7) is 0.0279. The van der Waals surface area contributed by atoms with E-state index in [1.165, 1.54) is 27.4 Å². The maximum atomic E-state index is 13.2. The van der Waals surface area contributed by atoms with Crippen molar-refractivity contribution in [1.82, 2.24) is 4.57 Å². The SMILES string of the molecule is Cn1cc(S(=O)(=O)N(Cc2ccco2)c2ccccc2)cc1C(N)=O. The summed E-state index contributed by atoms with van der Waals surface area (Å²) in [6.07, 6.45) is 2.85. The van der Waals surface area contributed by atoms with Gasteiger partial charge >= 0.3 is 0 Å². The van der Waals surface area contributed by atoms with Crippen molar-refractivity contribution in [3.05, 3.63) is 72.4 Å². The van der Waals surface area contributed by atoms with Crippen molar-refractivity contribution < 1.29 is 17.6 Å². The van der Waals surface area contributed by atoms with Crippen LogP contribution in [0.3, 0.4) is 0 Å². The molecule has 2 aromatic heterocycles. The van der Waals surface area contributed by atoms with Gasteiger partial charge in [-0.25, -0.2) is 8.42 Å². The molecule has 0 aliphatic heterocycles. The Morgan fingerprint density at radius 3 is 2.48 bits per heavy atom.